The van der Waals surface area contributed by atoms with E-state index in [-0.39, 0.29) is 0 Å². The SMILES string of the molecule is O=[SH](=NC1CCCCC1)C1CCCCC1. The van der Waals surface area contributed by atoms with Crippen LogP contribution in [-0.4, -0.2) is 15.5 Å². The molecule has 0 bridgehead atoms. The summed E-state index contributed by atoms with van der Waals surface area (Å²) in [6, 6.07) is 0.435. The van der Waals surface area contributed by atoms with Gasteiger partial charge in [-0.05, 0) is 25.7 Å². The highest BCUT2D eigenvalue weighted by Crippen LogP contribution is 2.24. The second-order valence-corrected chi connectivity index (χ2v) is 6.57. The standard InChI is InChI=1S/C12H23NOS/c14-15(12-9-5-2-6-10-12)13-11-7-3-1-4-8-11/h11-12,15H,1-10H2. The fourth-order valence-electron chi connectivity index (χ4n) is 2.75. The van der Waals surface area contributed by atoms with E-state index >= 15 is 0 Å². The molecule has 0 saturated heterocycles. The van der Waals surface area contributed by atoms with Crippen LogP contribution in [0, 0.1) is 0 Å². The van der Waals surface area contributed by atoms with E-state index in [0.717, 1.165) is 12.8 Å². The average Bonchev–Trinajstić information content (AvgIpc) is 2.31. The Morgan fingerprint density at radius 1 is 0.800 bits per heavy atom. The Morgan fingerprint density at radius 3 is 1.93 bits per heavy atom. The third kappa shape index (κ3) is 3.47. The van der Waals surface area contributed by atoms with Gasteiger partial charge in [-0.15, -0.1) is 0 Å². The minimum Gasteiger partial charge on any atom is -0.253 e. The predicted molar refractivity (Wildman–Crippen MR) is 65.7 cm³/mol. The smallest absolute Gasteiger partial charge is 0.0592 e. The van der Waals surface area contributed by atoms with Crippen molar-refractivity contribution in [1.29, 1.82) is 0 Å². The van der Waals surface area contributed by atoms with Crippen LogP contribution >= 0.6 is 0 Å². The number of nitrogens with zero attached hydrogens (tertiary/aromatic N) is 1. The van der Waals surface area contributed by atoms with E-state index in [1.54, 1.807) is 0 Å². The summed E-state index contributed by atoms with van der Waals surface area (Å²) in [7, 11) is -1.25. The molecule has 2 rings (SSSR count). The summed E-state index contributed by atoms with van der Waals surface area (Å²) in [5.41, 5.74) is 0. The van der Waals surface area contributed by atoms with Crippen LogP contribution < -0.4 is 0 Å². The van der Waals surface area contributed by atoms with Gasteiger partial charge in [-0.3, -0.25) is 4.21 Å². The Hall–Kier alpha value is -0.0500. The molecule has 3 heteroatoms. The third-order valence-electron chi connectivity index (χ3n) is 3.74. The van der Waals surface area contributed by atoms with E-state index in [1.807, 2.05) is 0 Å². The largest absolute Gasteiger partial charge is 0.253 e. The van der Waals surface area contributed by atoms with E-state index in [1.165, 1.54) is 51.4 Å². The van der Waals surface area contributed by atoms with Gasteiger partial charge in [0.1, 0.15) is 0 Å². The van der Waals surface area contributed by atoms with Gasteiger partial charge in [-0.2, -0.15) is 0 Å². The van der Waals surface area contributed by atoms with Gasteiger partial charge in [-0.25, -0.2) is 4.36 Å². The quantitative estimate of drug-likeness (QED) is 0.723. The van der Waals surface area contributed by atoms with Crippen molar-refractivity contribution in [2.24, 2.45) is 4.36 Å². The van der Waals surface area contributed by atoms with Crippen LogP contribution in [0.15, 0.2) is 4.36 Å². The number of rotatable bonds is 2. The Morgan fingerprint density at radius 2 is 1.33 bits per heavy atom. The fourth-order valence-corrected chi connectivity index (χ4v) is 4.30. The lowest BCUT2D eigenvalue weighted by Crippen LogP contribution is -2.17. The molecule has 0 heterocycles. The van der Waals surface area contributed by atoms with Crippen LogP contribution in [0.2, 0.25) is 0 Å². The maximum absolute atomic E-state index is 12.0. The number of hydrogen-bond donors (Lipinski definition) is 1. The molecule has 0 aromatic rings. The Balaban J connectivity index is 1.89. The molecule has 15 heavy (non-hydrogen) atoms. The summed E-state index contributed by atoms with van der Waals surface area (Å²) >= 11 is 0. The lowest BCUT2D eigenvalue weighted by Gasteiger charge is -2.21. The summed E-state index contributed by atoms with van der Waals surface area (Å²) in [4.78, 5) is 0. The van der Waals surface area contributed by atoms with Gasteiger partial charge in [0.25, 0.3) is 0 Å². The molecule has 0 N–H and O–H groups in total. The van der Waals surface area contributed by atoms with Gasteiger partial charge in [-0.1, -0.05) is 38.5 Å². The first-order valence-corrected chi connectivity index (χ1v) is 7.81. The van der Waals surface area contributed by atoms with Crippen LogP contribution in [0.3, 0.4) is 0 Å². The van der Waals surface area contributed by atoms with Gasteiger partial charge < -0.3 is 0 Å². The van der Waals surface area contributed by atoms with Gasteiger partial charge in [0, 0.05) is 15.8 Å². The van der Waals surface area contributed by atoms with Gasteiger partial charge in [0.15, 0.2) is 0 Å². The van der Waals surface area contributed by atoms with E-state index in [9.17, 15) is 4.21 Å². The van der Waals surface area contributed by atoms with Crippen LogP contribution in [0.1, 0.15) is 64.2 Å². The van der Waals surface area contributed by atoms with Crippen LogP contribution in [0.5, 0.6) is 0 Å². The molecular weight excluding hydrogens is 206 g/mol. The molecule has 0 amide bonds. The molecule has 0 spiro atoms. The highest BCUT2D eigenvalue weighted by atomic mass is 32.2. The summed E-state index contributed by atoms with van der Waals surface area (Å²) in [5.74, 6) is 0. The van der Waals surface area contributed by atoms with Crippen molar-refractivity contribution >= 4 is 10.6 Å². The monoisotopic (exact) mass is 229 g/mol. The zero-order chi connectivity index (χ0) is 10.5. The normalized spacial score (nSPS) is 28.0. The van der Waals surface area contributed by atoms with Crippen molar-refractivity contribution in [2.45, 2.75) is 75.5 Å². The highest BCUT2D eigenvalue weighted by Gasteiger charge is 2.17. The Kier molecular flexibility index (Phi) is 4.48. The number of hydrogen-bond acceptors (Lipinski definition) is 2. The minimum absolute atomic E-state index is 0.427. The summed E-state index contributed by atoms with van der Waals surface area (Å²) in [6.45, 7) is 0. The third-order valence-corrected chi connectivity index (χ3v) is 5.43. The molecule has 88 valence electrons. The minimum atomic E-state index is -1.25. The molecule has 2 fully saturated rings. The molecule has 2 aliphatic rings. The van der Waals surface area contributed by atoms with E-state index in [2.05, 4.69) is 4.36 Å². The van der Waals surface area contributed by atoms with Crippen molar-refractivity contribution in [3.8, 4) is 0 Å². The van der Waals surface area contributed by atoms with Crippen molar-refractivity contribution in [2.75, 3.05) is 0 Å². The molecule has 0 aliphatic heterocycles. The van der Waals surface area contributed by atoms with E-state index in [4.69, 9.17) is 0 Å². The number of thiol groups is 1. The molecule has 2 aliphatic carbocycles. The molecule has 0 aromatic carbocycles. The van der Waals surface area contributed by atoms with E-state index < -0.39 is 10.6 Å². The molecule has 2 nitrogen and oxygen atoms in total. The molecule has 1 unspecified atom stereocenters. The first-order chi connectivity index (χ1) is 7.36. The van der Waals surface area contributed by atoms with Gasteiger partial charge in [0.05, 0.1) is 6.04 Å². The maximum atomic E-state index is 12.0. The fraction of sp³-hybridized carbons (Fsp3) is 1.00. The second-order valence-electron chi connectivity index (χ2n) is 5.00. The summed E-state index contributed by atoms with van der Waals surface area (Å²) in [6.07, 6.45) is 12.5. The lowest BCUT2D eigenvalue weighted by molar-refractivity contribution is 0.443. The molecule has 0 aromatic heterocycles. The Labute approximate surface area is 95.1 Å². The Bertz CT molecular complexity index is 259. The first kappa shape index (κ1) is 11.4. The predicted octanol–water partition coefficient (Wildman–Crippen LogP) is 3.32. The zero-order valence-corrected chi connectivity index (χ0v) is 10.4. The summed E-state index contributed by atoms with van der Waals surface area (Å²) in [5, 5.41) is 0.427. The topological polar surface area (TPSA) is 29.4 Å². The maximum Gasteiger partial charge on any atom is 0.0592 e. The molecule has 1 atom stereocenters. The highest BCUT2D eigenvalue weighted by molar-refractivity contribution is 7.75. The van der Waals surface area contributed by atoms with Gasteiger partial charge in [0.2, 0.25) is 0 Å². The lowest BCUT2D eigenvalue weighted by atomic mass is 9.97. The van der Waals surface area contributed by atoms with Gasteiger partial charge >= 0.3 is 0 Å². The van der Waals surface area contributed by atoms with Crippen molar-refractivity contribution < 1.29 is 4.21 Å². The molecule has 2 saturated carbocycles. The van der Waals surface area contributed by atoms with Crippen LogP contribution in [-0.2, 0) is 10.6 Å². The average molecular weight is 229 g/mol. The second kappa shape index (κ2) is 5.88. The zero-order valence-electron chi connectivity index (χ0n) is 9.53. The molecular formula is C12H23NOS. The molecule has 0 radical (unpaired) electrons. The van der Waals surface area contributed by atoms with E-state index in [0.29, 0.717) is 11.3 Å². The first-order valence-electron chi connectivity index (χ1n) is 6.53. The summed E-state index contributed by atoms with van der Waals surface area (Å²) < 4.78 is 16.6. The van der Waals surface area contributed by atoms with Crippen LogP contribution in [0.4, 0.5) is 0 Å². The van der Waals surface area contributed by atoms with Crippen LogP contribution in [0.25, 0.3) is 0 Å². The van der Waals surface area contributed by atoms with Crippen molar-refractivity contribution in [3.63, 3.8) is 0 Å². The van der Waals surface area contributed by atoms with Crippen molar-refractivity contribution in [3.05, 3.63) is 0 Å². The van der Waals surface area contributed by atoms with Crippen molar-refractivity contribution in [1.82, 2.24) is 0 Å².